The highest BCUT2D eigenvalue weighted by atomic mass is 16.1. The fourth-order valence-electron chi connectivity index (χ4n) is 4.27. The molecule has 1 fully saturated rings. The Morgan fingerprint density at radius 1 is 1.13 bits per heavy atom. The molecule has 0 saturated heterocycles. The van der Waals surface area contributed by atoms with Gasteiger partial charge in [-0.15, -0.1) is 5.73 Å². The van der Waals surface area contributed by atoms with Crippen molar-refractivity contribution in [3.8, 4) is 11.3 Å². The number of aromatic amines is 1. The SMILES string of the molecule is Nc1ccc(-c2n[nH]c3ccc(C(=O)N/C(=C4/C=C=CC=N4)C4CCCC4)cc23)cc1. The second kappa shape index (κ2) is 8.09. The van der Waals surface area contributed by atoms with Crippen LogP contribution in [-0.4, -0.2) is 22.3 Å². The summed E-state index contributed by atoms with van der Waals surface area (Å²) in [6.45, 7) is 0. The standard InChI is InChI=1S/C25H23N5O/c26-19-11-8-17(9-12-19)23-20-15-18(10-13-21(20)29-30-23)25(31)28-24(16-5-1-2-6-16)22-7-3-4-14-27-22/h4,7-16H,1-2,5-6,26H2,(H,28,31)(H,29,30)/b24-22-. The summed E-state index contributed by atoms with van der Waals surface area (Å²) < 4.78 is 0. The summed E-state index contributed by atoms with van der Waals surface area (Å²) in [5.41, 5.74) is 14.5. The lowest BCUT2D eigenvalue weighted by molar-refractivity contribution is 0.0961. The van der Waals surface area contributed by atoms with Crippen LogP contribution in [0.1, 0.15) is 36.0 Å². The molecule has 1 aliphatic heterocycles. The number of nitrogens with two attached hydrogens (primary N) is 1. The molecular weight excluding hydrogens is 386 g/mol. The average Bonchev–Trinajstić information content (AvgIpc) is 3.48. The summed E-state index contributed by atoms with van der Waals surface area (Å²) in [4.78, 5) is 17.7. The van der Waals surface area contributed by atoms with E-state index in [-0.39, 0.29) is 5.91 Å². The van der Waals surface area contributed by atoms with Gasteiger partial charge in [0.05, 0.1) is 16.9 Å². The minimum absolute atomic E-state index is 0.140. The zero-order valence-electron chi connectivity index (χ0n) is 17.1. The molecule has 2 aliphatic rings. The van der Waals surface area contributed by atoms with Crippen LogP contribution in [0.25, 0.3) is 22.2 Å². The highest BCUT2D eigenvalue weighted by Crippen LogP contribution is 2.33. The van der Waals surface area contributed by atoms with E-state index in [1.165, 1.54) is 12.8 Å². The second-order valence-electron chi connectivity index (χ2n) is 7.94. The molecule has 154 valence electrons. The Morgan fingerprint density at radius 2 is 1.94 bits per heavy atom. The third-order valence-electron chi connectivity index (χ3n) is 5.90. The Kier molecular flexibility index (Phi) is 4.98. The number of allylic oxidation sites excluding steroid dienone is 2. The van der Waals surface area contributed by atoms with Crippen molar-refractivity contribution in [1.82, 2.24) is 15.5 Å². The Bertz CT molecular complexity index is 1270. The zero-order valence-corrected chi connectivity index (χ0v) is 17.1. The number of amides is 1. The predicted octanol–water partition coefficient (Wildman–Crippen LogP) is 4.74. The molecule has 1 saturated carbocycles. The molecule has 0 spiro atoms. The van der Waals surface area contributed by atoms with Gasteiger partial charge in [-0.3, -0.25) is 14.9 Å². The van der Waals surface area contributed by atoms with Crippen LogP contribution in [-0.2, 0) is 0 Å². The van der Waals surface area contributed by atoms with Crippen molar-refractivity contribution in [2.75, 3.05) is 5.73 Å². The third-order valence-corrected chi connectivity index (χ3v) is 5.90. The highest BCUT2D eigenvalue weighted by molar-refractivity contribution is 6.02. The van der Waals surface area contributed by atoms with E-state index in [1.54, 1.807) is 12.3 Å². The lowest BCUT2D eigenvalue weighted by Crippen LogP contribution is -2.27. The van der Waals surface area contributed by atoms with Gasteiger partial charge in [0, 0.05) is 46.1 Å². The van der Waals surface area contributed by atoms with Crippen molar-refractivity contribution < 1.29 is 4.79 Å². The third kappa shape index (κ3) is 3.81. The molecule has 1 aromatic heterocycles. The smallest absolute Gasteiger partial charge is 0.255 e. The summed E-state index contributed by atoms with van der Waals surface area (Å²) >= 11 is 0. The van der Waals surface area contributed by atoms with E-state index in [9.17, 15) is 4.79 Å². The lowest BCUT2D eigenvalue weighted by Gasteiger charge is -2.18. The molecule has 5 rings (SSSR count). The molecule has 2 heterocycles. The Hall–Kier alpha value is -3.89. The van der Waals surface area contributed by atoms with E-state index in [1.807, 2.05) is 48.5 Å². The molecule has 1 aliphatic carbocycles. The lowest BCUT2D eigenvalue weighted by atomic mass is 10.0. The average molecular weight is 409 g/mol. The van der Waals surface area contributed by atoms with Crippen molar-refractivity contribution >= 4 is 28.7 Å². The minimum Gasteiger partial charge on any atom is -0.399 e. The normalized spacial score (nSPS) is 17.4. The second-order valence-corrected chi connectivity index (χ2v) is 7.94. The van der Waals surface area contributed by atoms with Crippen LogP contribution >= 0.6 is 0 Å². The summed E-state index contributed by atoms with van der Waals surface area (Å²) in [6, 6.07) is 13.2. The molecule has 0 bridgehead atoms. The molecule has 1 amide bonds. The molecule has 6 nitrogen and oxygen atoms in total. The van der Waals surface area contributed by atoms with Gasteiger partial charge < -0.3 is 11.1 Å². The Labute approximate surface area is 180 Å². The van der Waals surface area contributed by atoms with Crippen LogP contribution in [0.5, 0.6) is 0 Å². The van der Waals surface area contributed by atoms with Crippen molar-refractivity contribution in [2.24, 2.45) is 10.9 Å². The number of nitrogens with one attached hydrogen (secondary N) is 2. The van der Waals surface area contributed by atoms with Crippen molar-refractivity contribution in [3.05, 3.63) is 77.3 Å². The number of carbonyl (C=O) groups excluding carboxylic acids is 1. The number of hydrogen-bond donors (Lipinski definition) is 3. The number of rotatable bonds is 4. The van der Waals surface area contributed by atoms with Crippen LogP contribution in [0.15, 0.2) is 76.7 Å². The predicted molar refractivity (Wildman–Crippen MR) is 124 cm³/mol. The summed E-state index contributed by atoms with van der Waals surface area (Å²) in [6.07, 6.45) is 9.80. The van der Waals surface area contributed by atoms with E-state index in [0.717, 1.165) is 46.4 Å². The molecule has 0 radical (unpaired) electrons. The first-order valence-electron chi connectivity index (χ1n) is 10.5. The minimum atomic E-state index is -0.140. The molecule has 3 aromatic rings. The largest absolute Gasteiger partial charge is 0.399 e. The van der Waals surface area contributed by atoms with E-state index in [0.29, 0.717) is 17.2 Å². The Morgan fingerprint density at radius 3 is 2.68 bits per heavy atom. The van der Waals surface area contributed by atoms with E-state index in [2.05, 4.69) is 26.2 Å². The molecule has 0 unspecified atom stereocenters. The first kappa shape index (κ1) is 19.1. The van der Waals surface area contributed by atoms with Gasteiger partial charge in [-0.1, -0.05) is 25.0 Å². The van der Waals surface area contributed by atoms with Crippen LogP contribution in [0.4, 0.5) is 5.69 Å². The van der Waals surface area contributed by atoms with Gasteiger partial charge in [0.1, 0.15) is 0 Å². The maximum Gasteiger partial charge on any atom is 0.255 e. The highest BCUT2D eigenvalue weighted by Gasteiger charge is 2.24. The maximum absolute atomic E-state index is 13.2. The van der Waals surface area contributed by atoms with Gasteiger partial charge in [0.15, 0.2) is 0 Å². The van der Waals surface area contributed by atoms with Gasteiger partial charge >= 0.3 is 0 Å². The number of carbonyl (C=O) groups is 1. The molecule has 2 aromatic carbocycles. The maximum atomic E-state index is 13.2. The van der Waals surface area contributed by atoms with Crippen LogP contribution in [0.2, 0.25) is 0 Å². The topological polar surface area (TPSA) is 96.2 Å². The Balaban J connectivity index is 1.49. The fourth-order valence-corrected chi connectivity index (χ4v) is 4.27. The van der Waals surface area contributed by atoms with Crippen molar-refractivity contribution in [3.63, 3.8) is 0 Å². The number of anilines is 1. The number of aliphatic imine (C=N–C) groups is 1. The van der Waals surface area contributed by atoms with Crippen LogP contribution in [0.3, 0.4) is 0 Å². The number of aromatic nitrogens is 2. The molecular formula is C25H23N5O. The zero-order chi connectivity index (χ0) is 21.2. The molecule has 6 heteroatoms. The van der Waals surface area contributed by atoms with Crippen molar-refractivity contribution in [1.29, 1.82) is 0 Å². The molecule has 4 N–H and O–H groups in total. The number of benzene rings is 2. The van der Waals surface area contributed by atoms with Gasteiger partial charge in [-0.25, -0.2) is 0 Å². The van der Waals surface area contributed by atoms with E-state index in [4.69, 9.17) is 5.73 Å². The van der Waals surface area contributed by atoms with E-state index < -0.39 is 0 Å². The van der Waals surface area contributed by atoms with E-state index >= 15 is 0 Å². The van der Waals surface area contributed by atoms with Crippen molar-refractivity contribution in [2.45, 2.75) is 25.7 Å². The number of H-pyrrole nitrogens is 1. The molecule has 0 atom stereocenters. The van der Waals surface area contributed by atoms with Gasteiger partial charge in [-0.05, 0) is 49.2 Å². The first-order valence-corrected chi connectivity index (χ1v) is 10.5. The summed E-state index contributed by atoms with van der Waals surface area (Å²) in [7, 11) is 0. The van der Waals surface area contributed by atoms with Crippen LogP contribution in [0, 0.1) is 5.92 Å². The summed E-state index contributed by atoms with van der Waals surface area (Å²) in [5.74, 6) is 0.175. The molecule has 31 heavy (non-hydrogen) atoms. The number of fused-ring (bicyclic) bond motifs is 1. The van der Waals surface area contributed by atoms with Gasteiger partial charge in [0.25, 0.3) is 5.91 Å². The number of nitrogens with zero attached hydrogens (tertiary/aromatic N) is 2. The monoisotopic (exact) mass is 409 g/mol. The first-order chi connectivity index (χ1) is 15.2. The van der Waals surface area contributed by atoms with Gasteiger partial charge in [-0.2, -0.15) is 5.10 Å². The summed E-state index contributed by atoms with van der Waals surface area (Å²) in [5, 5.41) is 11.6. The number of hydrogen-bond acceptors (Lipinski definition) is 4. The quantitative estimate of drug-likeness (QED) is 0.429. The number of nitrogen functional groups attached to an aromatic ring is 1. The van der Waals surface area contributed by atoms with Gasteiger partial charge in [0.2, 0.25) is 0 Å². The van der Waals surface area contributed by atoms with Crippen LogP contribution < -0.4 is 11.1 Å². The fraction of sp³-hybridized carbons (Fsp3) is 0.200.